The number of nitrogens with one attached hydrogen (secondary N) is 1. The number of amides is 1. The third-order valence-corrected chi connectivity index (χ3v) is 2.43. The fourth-order valence-corrected chi connectivity index (χ4v) is 1.57. The van der Waals surface area contributed by atoms with E-state index in [1.54, 1.807) is 0 Å². The van der Waals surface area contributed by atoms with Crippen LogP contribution < -0.4 is 5.32 Å². The number of carbonyl (C=O) groups is 2. The molecule has 1 aromatic carbocycles. The maximum Gasteiger partial charge on any atom is 0.326 e. The van der Waals surface area contributed by atoms with Crippen LogP contribution in [0.1, 0.15) is 30.6 Å². The van der Waals surface area contributed by atoms with E-state index in [9.17, 15) is 14.0 Å². The quantitative estimate of drug-likeness (QED) is 0.844. The van der Waals surface area contributed by atoms with E-state index >= 15 is 0 Å². The molecule has 4 nitrogen and oxygen atoms in total. The molecule has 2 N–H and O–H groups in total. The van der Waals surface area contributed by atoms with Crippen molar-refractivity contribution in [2.45, 2.75) is 26.3 Å². The molecule has 1 aromatic rings. The maximum atomic E-state index is 13.3. The summed E-state index contributed by atoms with van der Waals surface area (Å²) in [6, 6.07) is 4.47. The molecule has 0 radical (unpaired) electrons. The number of rotatable bonds is 5. The summed E-state index contributed by atoms with van der Waals surface area (Å²) in [6.07, 6.45) is 0.301. The summed E-state index contributed by atoms with van der Waals surface area (Å²) in [6.45, 7) is 3.70. The lowest BCUT2D eigenvalue weighted by Crippen LogP contribution is -2.41. The Morgan fingerprint density at radius 1 is 1.33 bits per heavy atom. The third kappa shape index (κ3) is 3.84. The summed E-state index contributed by atoms with van der Waals surface area (Å²) >= 11 is 0. The van der Waals surface area contributed by atoms with Gasteiger partial charge in [0.05, 0.1) is 5.56 Å². The molecule has 0 aliphatic carbocycles. The van der Waals surface area contributed by atoms with Crippen LogP contribution in [0.3, 0.4) is 0 Å². The number of aliphatic carboxylic acids is 1. The second-order valence-corrected chi connectivity index (χ2v) is 4.47. The highest BCUT2D eigenvalue weighted by molar-refractivity contribution is 5.96. The average molecular weight is 253 g/mol. The molecule has 0 saturated carbocycles. The van der Waals surface area contributed by atoms with Crippen LogP contribution in [0.25, 0.3) is 0 Å². The SMILES string of the molecule is CC(C)C[C@H](NC(=O)c1ccccc1F)C(=O)O. The van der Waals surface area contributed by atoms with Crippen molar-refractivity contribution >= 4 is 11.9 Å². The maximum absolute atomic E-state index is 13.3. The zero-order valence-corrected chi connectivity index (χ0v) is 10.3. The van der Waals surface area contributed by atoms with Gasteiger partial charge in [0, 0.05) is 0 Å². The van der Waals surface area contributed by atoms with Gasteiger partial charge < -0.3 is 10.4 Å². The Kier molecular flexibility index (Phi) is 4.83. The van der Waals surface area contributed by atoms with E-state index in [1.165, 1.54) is 18.2 Å². The second-order valence-electron chi connectivity index (χ2n) is 4.47. The Hall–Kier alpha value is -1.91. The number of carboxylic acid groups (broad SMARTS) is 1. The minimum absolute atomic E-state index is 0.118. The van der Waals surface area contributed by atoms with Crippen molar-refractivity contribution in [1.82, 2.24) is 5.32 Å². The number of carboxylic acids is 1. The van der Waals surface area contributed by atoms with E-state index in [2.05, 4.69) is 5.32 Å². The molecule has 0 fully saturated rings. The topological polar surface area (TPSA) is 66.4 Å². The first-order chi connectivity index (χ1) is 8.41. The van der Waals surface area contributed by atoms with Gasteiger partial charge in [-0.1, -0.05) is 26.0 Å². The van der Waals surface area contributed by atoms with E-state index in [0.29, 0.717) is 6.42 Å². The highest BCUT2D eigenvalue weighted by Crippen LogP contribution is 2.09. The van der Waals surface area contributed by atoms with E-state index in [0.717, 1.165) is 6.07 Å². The Balaban J connectivity index is 2.79. The molecule has 5 heteroatoms. The van der Waals surface area contributed by atoms with E-state index in [-0.39, 0.29) is 11.5 Å². The third-order valence-electron chi connectivity index (χ3n) is 2.43. The van der Waals surface area contributed by atoms with Crippen molar-refractivity contribution < 1.29 is 19.1 Å². The van der Waals surface area contributed by atoms with Crippen LogP contribution in [-0.4, -0.2) is 23.0 Å². The largest absolute Gasteiger partial charge is 0.480 e. The van der Waals surface area contributed by atoms with Crippen molar-refractivity contribution in [3.8, 4) is 0 Å². The lowest BCUT2D eigenvalue weighted by Gasteiger charge is -2.16. The Bertz CT molecular complexity index is 446. The van der Waals surface area contributed by atoms with Crippen molar-refractivity contribution in [1.29, 1.82) is 0 Å². The summed E-state index contributed by atoms with van der Waals surface area (Å²) in [5.74, 6) is -2.37. The number of benzene rings is 1. The predicted octanol–water partition coefficient (Wildman–Crippen LogP) is 2.05. The molecular formula is C13H16FNO3. The molecule has 0 aliphatic heterocycles. The molecule has 0 spiro atoms. The van der Waals surface area contributed by atoms with Crippen LogP contribution in [0.5, 0.6) is 0 Å². The first-order valence-corrected chi connectivity index (χ1v) is 5.70. The molecule has 0 unspecified atom stereocenters. The first-order valence-electron chi connectivity index (χ1n) is 5.70. The summed E-state index contributed by atoms with van der Waals surface area (Å²) in [5, 5.41) is 11.3. The zero-order valence-electron chi connectivity index (χ0n) is 10.3. The van der Waals surface area contributed by atoms with Crippen molar-refractivity contribution in [3.63, 3.8) is 0 Å². The van der Waals surface area contributed by atoms with Crippen LogP contribution in [0.4, 0.5) is 4.39 Å². The fourth-order valence-electron chi connectivity index (χ4n) is 1.57. The van der Waals surface area contributed by atoms with Gasteiger partial charge in [0.2, 0.25) is 0 Å². The summed E-state index contributed by atoms with van der Waals surface area (Å²) in [4.78, 5) is 22.7. The molecule has 0 aromatic heterocycles. The number of hydrogen-bond acceptors (Lipinski definition) is 2. The minimum atomic E-state index is -1.12. The van der Waals surface area contributed by atoms with Crippen LogP contribution in [0.2, 0.25) is 0 Å². The molecule has 1 atom stereocenters. The molecule has 0 bridgehead atoms. The highest BCUT2D eigenvalue weighted by atomic mass is 19.1. The van der Waals surface area contributed by atoms with Crippen LogP contribution in [-0.2, 0) is 4.79 Å². The second kappa shape index (κ2) is 6.14. The van der Waals surface area contributed by atoms with Gasteiger partial charge in [0.15, 0.2) is 0 Å². The molecule has 0 aliphatic rings. The monoisotopic (exact) mass is 253 g/mol. The van der Waals surface area contributed by atoms with Gasteiger partial charge in [-0.2, -0.15) is 0 Å². The average Bonchev–Trinajstić information content (AvgIpc) is 2.27. The molecular weight excluding hydrogens is 237 g/mol. The molecule has 1 rings (SSSR count). The van der Waals surface area contributed by atoms with Gasteiger partial charge in [-0.3, -0.25) is 4.79 Å². The van der Waals surface area contributed by atoms with Crippen molar-refractivity contribution in [3.05, 3.63) is 35.6 Å². The van der Waals surface area contributed by atoms with Gasteiger partial charge in [-0.15, -0.1) is 0 Å². The molecule has 0 heterocycles. The van der Waals surface area contributed by atoms with E-state index < -0.39 is 23.7 Å². The fraction of sp³-hybridized carbons (Fsp3) is 0.385. The van der Waals surface area contributed by atoms with Gasteiger partial charge in [0.25, 0.3) is 5.91 Å². The van der Waals surface area contributed by atoms with Gasteiger partial charge in [-0.25, -0.2) is 9.18 Å². The van der Waals surface area contributed by atoms with Gasteiger partial charge in [-0.05, 0) is 24.5 Å². The van der Waals surface area contributed by atoms with Crippen molar-refractivity contribution in [2.75, 3.05) is 0 Å². The predicted molar refractivity (Wildman–Crippen MR) is 64.7 cm³/mol. The van der Waals surface area contributed by atoms with Crippen LogP contribution in [0.15, 0.2) is 24.3 Å². The molecule has 0 saturated heterocycles. The number of halogens is 1. The lowest BCUT2D eigenvalue weighted by atomic mass is 10.0. The Morgan fingerprint density at radius 3 is 2.44 bits per heavy atom. The Morgan fingerprint density at radius 2 is 1.94 bits per heavy atom. The molecule has 18 heavy (non-hydrogen) atoms. The number of hydrogen-bond donors (Lipinski definition) is 2. The Labute approximate surface area is 105 Å². The standard InChI is InChI=1S/C13H16FNO3/c1-8(2)7-11(13(17)18)15-12(16)9-5-3-4-6-10(9)14/h3-6,8,11H,7H2,1-2H3,(H,15,16)(H,17,18)/t11-/m0/s1. The summed E-state index contributed by atoms with van der Waals surface area (Å²) in [5.41, 5.74) is -0.146. The summed E-state index contributed by atoms with van der Waals surface area (Å²) < 4.78 is 13.3. The smallest absolute Gasteiger partial charge is 0.326 e. The van der Waals surface area contributed by atoms with Crippen LogP contribution in [0, 0.1) is 11.7 Å². The molecule has 98 valence electrons. The number of carbonyl (C=O) groups excluding carboxylic acids is 1. The first kappa shape index (κ1) is 14.2. The highest BCUT2D eigenvalue weighted by Gasteiger charge is 2.22. The summed E-state index contributed by atoms with van der Waals surface area (Å²) in [7, 11) is 0. The van der Waals surface area contributed by atoms with E-state index in [4.69, 9.17) is 5.11 Å². The van der Waals surface area contributed by atoms with Crippen molar-refractivity contribution in [2.24, 2.45) is 5.92 Å². The molecule has 1 amide bonds. The normalized spacial score (nSPS) is 12.2. The zero-order chi connectivity index (χ0) is 13.7. The van der Waals surface area contributed by atoms with Crippen LogP contribution >= 0.6 is 0 Å². The minimum Gasteiger partial charge on any atom is -0.480 e. The van der Waals surface area contributed by atoms with Gasteiger partial charge >= 0.3 is 5.97 Å². The van der Waals surface area contributed by atoms with Gasteiger partial charge in [0.1, 0.15) is 11.9 Å². The van der Waals surface area contributed by atoms with E-state index in [1.807, 2.05) is 13.8 Å². The lowest BCUT2D eigenvalue weighted by molar-refractivity contribution is -0.139.